The van der Waals surface area contributed by atoms with Gasteiger partial charge in [-0.1, -0.05) is 6.92 Å². The van der Waals surface area contributed by atoms with Gasteiger partial charge in [0.1, 0.15) is 4.90 Å². The van der Waals surface area contributed by atoms with Crippen LogP contribution in [0.5, 0.6) is 0 Å². The molecule has 0 radical (unpaired) electrons. The number of primary amides is 1. The molecule has 2 N–H and O–H groups in total. The Morgan fingerprint density at radius 3 is 2.52 bits per heavy atom. The average Bonchev–Trinajstić information content (AvgIpc) is 2.49. The first-order chi connectivity index (χ1) is 9.96. The first-order valence-corrected chi connectivity index (χ1v) is 8.34. The van der Waals surface area contributed by atoms with Crippen molar-refractivity contribution in [2.24, 2.45) is 5.73 Å². The van der Waals surface area contributed by atoms with Crippen molar-refractivity contribution in [1.82, 2.24) is 14.2 Å². The number of hydrogen-bond acceptors (Lipinski definition) is 5. The highest BCUT2D eigenvalue weighted by molar-refractivity contribution is 7.89. The van der Waals surface area contributed by atoms with Gasteiger partial charge in [0.05, 0.1) is 6.04 Å². The first kappa shape index (κ1) is 15.9. The Morgan fingerprint density at radius 1 is 1.38 bits per heavy atom. The van der Waals surface area contributed by atoms with Crippen LogP contribution in [0.15, 0.2) is 29.4 Å². The molecule has 0 bridgehead atoms. The van der Waals surface area contributed by atoms with E-state index in [1.165, 1.54) is 22.8 Å². The zero-order valence-electron chi connectivity index (χ0n) is 12.0. The summed E-state index contributed by atoms with van der Waals surface area (Å²) < 4.78 is 26.3. The minimum atomic E-state index is -3.51. The third-order valence-electron chi connectivity index (χ3n) is 3.70. The predicted octanol–water partition coefficient (Wildman–Crippen LogP) is -0.348. The molecular weight excluding hydrogens is 292 g/mol. The molecule has 1 atom stereocenters. The molecule has 1 unspecified atom stereocenters. The Bertz CT molecular complexity index is 583. The normalized spacial score (nSPS) is 19.3. The van der Waals surface area contributed by atoms with Gasteiger partial charge in [-0.25, -0.2) is 8.42 Å². The van der Waals surface area contributed by atoms with E-state index in [1.54, 1.807) is 6.07 Å². The maximum atomic E-state index is 12.4. The van der Waals surface area contributed by atoms with Gasteiger partial charge in [0.2, 0.25) is 15.9 Å². The molecule has 1 fully saturated rings. The van der Waals surface area contributed by atoms with Crippen LogP contribution in [0.4, 0.5) is 0 Å². The van der Waals surface area contributed by atoms with Gasteiger partial charge in [0.15, 0.2) is 0 Å². The molecule has 0 spiro atoms. The summed E-state index contributed by atoms with van der Waals surface area (Å²) in [5.74, 6) is -0.360. The molecule has 116 valence electrons. The van der Waals surface area contributed by atoms with Gasteiger partial charge in [0, 0.05) is 38.6 Å². The summed E-state index contributed by atoms with van der Waals surface area (Å²) in [5, 5.41) is 0. The van der Waals surface area contributed by atoms with E-state index in [2.05, 4.69) is 4.98 Å². The van der Waals surface area contributed by atoms with Gasteiger partial charge in [0.25, 0.3) is 0 Å². The fraction of sp³-hybridized carbons (Fsp3) is 0.538. The van der Waals surface area contributed by atoms with Gasteiger partial charge in [-0.15, -0.1) is 0 Å². The maximum Gasteiger partial charge on any atom is 0.244 e. The molecule has 1 saturated heterocycles. The van der Waals surface area contributed by atoms with Crippen molar-refractivity contribution >= 4 is 15.9 Å². The number of carbonyl (C=O) groups is 1. The van der Waals surface area contributed by atoms with Crippen molar-refractivity contribution in [1.29, 1.82) is 0 Å². The van der Waals surface area contributed by atoms with Crippen LogP contribution in [0.3, 0.4) is 0 Å². The molecule has 0 aromatic carbocycles. The topological polar surface area (TPSA) is 96.6 Å². The number of aromatic nitrogens is 1. The third-order valence-corrected chi connectivity index (χ3v) is 5.58. The largest absolute Gasteiger partial charge is 0.368 e. The molecule has 1 aromatic heterocycles. The molecule has 1 aromatic rings. The van der Waals surface area contributed by atoms with Crippen molar-refractivity contribution < 1.29 is 13.2 Å². The molecule has 0 saturated carbocycles. The predicted molar refractivity (Wildman–Crippen MR) is 77.8 cm³/mol. The fourth-order valence-electron chi connectivity index (χ4n) is 2.54. The average molecular weight is 312 g/mol. The summed E-state index contributed by atoms with van der Waals surface area (Å²) in [4.78, 5) is 17.4. The van der Waals surface area contributed by atoms with E-state index in [4.69, 9.17) is 5.73 Å². The SMILES string of the molecule is CCC(C(N)=O)N1CCN(S(=O)(=O)c2cccnc2)CC1. The Balaban J connectivity index is 2.06. The molecule has 0 aliphatic carbocycles. The zero-order chi connectivity index (χ0) is 15.5. The van der Waals surface area contributed by atoms with Crippen LogP contribution >= 0.6 is 0 Å². The number of amides is 1. The molecule has 2 heterocycles. The van der Waals surface area contributed by atoms with Gasteiger partial charge < -0.3 is 5.73 Å². The fourth-order valence-corrected chi connectivity index (χ4v) is 3.93. The van der Waals surface area contributed by atoms with Crippen LogP contribution in [-0.2, 0) is 14.8 Å². The number of nitrogens with two attached hydrogens (primary N) is 1. The van der Waals surface area contributed by atoms with Gasteiger partial charge >= 0.3 is 0 Å². The van der Waals surface area contributed by atoms with Crippen molar-refractivity contribution in [2.45, 2.75) is 24.3 Å². The van der Waals surface area contributed by atoms with Crippen molar-refractivity contribution in [3.8, 4) is 0 Å². The summed E-state index contributed by atoms with van der Waals surface area (Å²) in [6, 6.07) is 2.81. The van der Waals surface area contributed by atoms with E-state index in [0.717, 1.165) is 0 Å². The van der Waals surface area contributed by atoms with Crippen LogP contribution in [0.1, 0.15) is 13.3 Å². The molecule has 1 amide bonds. The number of sulfonamides is 1. The zero-order valence-corrected chi connectivity index (χ0v) is 12.8. The molecule has 2 rings (SSSR count). The van der Waals surface area contributed by atoms with Crippen molar-refractivity contribution in [3.63, 3.8) is 0 Å². The standard InChI is InChI=1S/C13H20N4O3S/c1-2-12(13(14)18)16-6-8-17(9-7-16)21(19,20)11-4-3-5-15-10-11/h3-5,10,12H,2,6-9H2,1H3,(H2,14,18). The highest BCUT2D eigenvalue weighted by atomic mass is 32.2. The minimum absolute atomic E-state index is 0.195. The third kappa shape index (κ3) is 3.39. The van der Waals surface area contributed by atoms with Crippen LogP contribution in [0.25, 0.3) is 0 Å². The molecule has 8 heteroatoms. The monoisotopic (exact) mass is 312 g/mol. The molecule has 1 aliphatic heterocycles. The molecule has 21 heavy (non-hydrogen) atoms. The van der Waals surface area contributed by atoms with E-state index in [-0.39, 0.29) is 16.8 Å². The van der Waals surface area contributed by atoms with Crippen molar-refractivity contribution in [3.05, 3.63) is 24.5 Å². The first-order valence-electron chi connectivity index (χ1n) is 6.90. The Hall–Kier alpha value is -1.51. The van der Waals surface area contributed by atoms with E-state index < -0.39 is 10.0 Å². The summed E-state index contributed by atoms with van der Waals surface area (Å²) >= 11 is 0. The lowest BCUT2D eigenvalue weighted by molar-refractivity contribution is -0.123. The second-order valence-electron chi connectivity index (χ2n) is 4.96. The molecule has 1 aliphatic rings. The van der Waals surface area contributed by atoms with Crippen LogP contribution < -0.4 is 5.73 Å². The minimum Gasteiger partial charge on any atom is -0.368 e. The smallest absolute Gasteiger partial charge is 0.244 e. The Labute approximate surface area is 124 Å². The van der Waals surface area contributed by atoms with Crippen LogP contribution in [0.2, 0.25) is 0 Å². The number of piperazine rings is 1. The van der Waals surface area contributed by atoms with Crippen LogP contribution in [0, 0.1) is 0 Å². The number of hydrogen-bond donors (Lipinski definition) is 1. The Morgan fingerprint density at radius 2 is 2.05 bits per heavy atom. The van der Waals surface area contributed by atoms with Crippen molar-refractivity contribution in [2.75, 3.05) is 26.2 Å². The maximum absolute atomic E-state index is 12.4. The second kappa shape index (κ2) is 6.50. The second-order valence-corrected chi connectivity index (χ2v) is 6.89. The lowest BCUT2D eigenvalue weighted by Crippen LogP contribution is -2.54. The summed E-state index contributed by atoms with van der Waals surface area (Å²) in [6.45, 7) is 3.60. The van der Waals surface area contributed by atoms with E-state index >= 15 is 0 Å². The van der Waals surface area contributed by atoms with Gasteiger partial charge in [-0.3, -0.25) is 14.7 Å². The summed E-state index contributed by atoms with van der Waals surface area (Å²) in [5.41, 5.74) is 5.37. The van der Waals surface area contributed by atoms with E-state index in [1.807, 2.05) is 11.8 Å². The number of carbonyl (C=O) groups excluding carboxylic acids is 1. The molecule has 7 nitrogen and oxygen atoms in total. The lowest BCUT2D eigenvalue weighted by Gasteiger charge is -2.37. The van der Waals surface area contributed by atoms with Gasteiger partial charge in [-0.2, -0.15) is 4.31 Å². The number of nitrogens with zero attached hydrogens (tertiary/aromatic N) is 3. The summed E-state index contributed by atoms with van der Waals surface area (Å²) in [6.07, 6.45) is 3.51. The Kier molecular flexibility index (Phi) is 4.92. The van der Waals surface area contributed by atoms with E-state index in [9.17, 15) is 13.2 Å². The number of pyridine rings is 1. The molecular formula is C13H20N4O3S. The quantitative estimate of drug-likeness (QED) is 0.802. The number of rotatable bonds is 5. The lowest BCUT2D eigenvalue weighted by atomic mass is 10.1. The summed E-state index contributed by atoms with van der Waals surface area (Å²) in [7, 11) is -3.51. The van der Waals surface area contributed by atoms with Gasteiger partial charge in [-0.05, 0) is 18.6 Å². The van der Waals surface area contributed by atoms with Crippen LogP contribution in [-0.4, -0.2) is 60.7 Å². The van der Waals surface area contributed by atoms with E-state index in [0.29, 0.717) is 32.6 Å². The highest BCUT2D eigenvalue weighted by Gasteiger charge is 2.32. The highest BCUT2D eigenvalue weighted by Crippen LogP contribution is 2.17.